The highest BCUT2D eigenvalue weighted by atomic mass is 79.9. The van der Waals surface area contributed by atoms with E-state index in [0.717, 1.165) is 16.5 Å². The maximum atomic E-state index is 12.8. The number of rotatable bonds is 1. The largest absolute Gasteiger partial charge is 0.396 e. The van der Waals surface area contributed by atoms with Crippen LogP contribution >= 0.6 is 15.9 Å². The Bertz CT molecular complexity index is 273. The minimum atomic E-state index is -0.343. The first-order chi connectivity index (χ1) is 5.16. The lowest BCUT2D eigenvalue weighted by atomic mass is 10.1. The summed E-state index contributed by atoms with van der Waals surface area (Å²) < 4.78 is 13.7. The Morgan fingerprint density at radius 1 is 1.55 bits per heavy atom. The summed E-state index contributed by atoms with van der Waals surface area (Å²) in [7, 11) is 0. The number of anilines is 1. The van der Waals surface area contributed by atoms with Gasteiger partial charge in [-0.25, -0.2) is 4.39 Å². The maximum absolute atomic E-state index is 12.8. The van der Waals surface area contributed by atoms with Crippen LogP contribution in [0, 0.1) is 5.82 Å². The molecule has 0 atom stereocenters. The Labute approximate surface area is 73.5 Å². The average molecular weight is 218 g/mol. The van der Waals surface area contributed by atoms with Gasteiger partial charge in [-0.3, -0.25) is 0 Å². The third-order valence-corrected chi connectivity index (χ3v) is 2.34. The fourth-order valence-electron chi connectivity index (χ4n) is 0.969. The van der Waals surface area contributed by atoms with Crippen molar-refractivity contribution in [3.8, 4) is 0 Å². The molecule has 0 fully saturated rings. The third kappa shape index (κ3) is 1.53. The second kappa shape index (κ2) is 3.22. The van der Waals surface area contributed by atoms with Crippen molar-refractivity contribution in [2.45, 2.75) is 13.3 Å². The van der Waals surface area contributed by atoms with Gasteiger partial charge in [-0.2, -0.15) is 0 Å². The Hall–Kier alpha value is -0.570. The van der Waals surface area contributed by atoms with Crippen LogP contribution in [0.3, 0.4) is 0 Å². The minimum absolute atomic E-state index is 0.252. The Morgan fingerprint density at radius 2 is 2.18 bits per heavy atom. The first kappa shape index (κ1) is 8.53. The molecule has 60 valence electrons. The van der Waals surface area contributed by atoms with Gasteiger partial charge in [0.05, 0.1) is 5.69 Å². The van der Waals surface area contributed by atoms with Crippen molar-refractivity contribution in [1.29, 1.82) is 0 Å². The molecule has 1 aromatic rings. The van der Waals surface area contributed by atoms with Crippen LogP contribution in [-0.4, -0.2) is 0 Å². The molecule has 0 amide bonds. The number of halogens is 2. The number of nitrogens with two attached hydrogens (primary N) is 1. The van der Waals surface area contributed by atoms with E-state index < -0.39 is 0 Å². The molecule has 3 heteroatoms. The van der Waals surface area contributed by atoms with Crippen molar-refractivity contribution in [1.82, 2.24) is 0 Å². The highest BCUT2D eigenvalue weighted by Crippen LogP contribution is 2.25. The predicted molar refractivity (Wildman–Crippen MR) is 47.9 cm³/mol. The summed E-state index contributed by atoms with van der Waals surface area (Å²) in [6, 6.07) is 3.03. The van der Waals surface area contributed by atoms with E-state index >= 15 is 0 Å². The summed E-state index contributed by atoms with van der Waals surface area (Å²) in [4.78, 5) is 0. The summed E-state index contributed by atoms with van der Waals surface area (Å²) in [6.07, 6.45) is 0.740. The van der Waals surface area contributed by atoms with Crippen molar-refractivity contribution in [2.24, 2.45) is 0 Å². The molecule has 0 aromatic heterocycles. The standard InChI is InChI=1S/C8H9BrFN/c1-2-5-6(9)3-4-7(10)8(5)11/h3-4H,2,11H2,1H3. The van der Waals surface area contributed by atoms with Crippen molar-refractivity contribution in [3.05, 3.63) is 28.0 Å². The molecule has 0 heterocycles. The third-order valence-electron chi connectivity index (χ3n) is 1.60. The molecule has 0 aliphatic heterocycles. The number of benzene rings is 1. The number of nitrogen functional groups attached to an aromatic ring is 1. The Kier molecular flexibility index (Phi) is 2.49. The second-order valence-electron chi connectivity index (χ2n) is 2.27. The average Bonchev–Trinajstić information content (AvgIpc) is 1.99. The predicted octanol–water partition coefficient (Wildman–Crippen LogP) is 2.73. The smallest absolute Gasteiger partial charge is 0.146 e. The number of hydrogen-bond donors (Lipinski definition) is 1. The second-order valence-corrected chi connectivity index (χ2v) is 3.13. The zero-order valence-corrected chi connectivity index (χ0v) is 7.78. The van der Waals surface area contributed by atoms with Gasteiger partial charge in [-0.05, 0) is 24.1 Å². The molecule has 2 N–H and O–H groups in total. The summed E-state index contributed by atoms with van der Waals surface area (Å²) in [5, 5.41) is 0. The Morgan fingerprint density at radius 3 is 2.64 bits per heavy atom. The monoisotopic (exact) mass is 217 g/mol. The SMILES string of the molecule is CCc1c(Br)ccc(F)c1N. The molecule has 0 spiro atoms. The van der Waals surface area contributed by atoms with Crippen molar-refractivity contribution < 1.29 is 4.39 Å². The van der Waals surface area contributed by atoms with E-state index in [1.807, 2.05) is 6.92 Å². The molecular formula is C8H9BrFN. The van der Waals surface area contributed by atoms with E-state index in [1.54, 1.807) is 6.07 Å². The lowest BCUT2D eigenvalue weighted by molar-refractivity contribution is 0.630. The molecule has 1 nitrogen and oxygen atoms in total. The van der Waals surface area contributed by atoms with Gasteiger partial charge in [0.1, 0.15) is 5.82 Å². The summed E-state index contributed by atoms with van der Waals surface area (Å²) in [5.74, 6) is -0.343. The molecule has 0 radical (unpaired) electrons. The molecule has 0 aliphatic rings. The Balaban J connectivity index is 3.29. The molecule has 0 saturated carbocycles. The van der Waals surface area contributed by atoms with Crippen molar-refractivity contribution >= 4 is 21.6 Å². The van der Waals surface area contributed by atoms with E-state index in [-0.39, 0.29) is 11.5 Å². The first-order valence-corrected chi connectivity index (χ1v) is 4.18. The summed E-state index contributed by atoms with van der Waals surface area (Å²) in [6.45, 7) is 1.94. The van der Waals surface area contributed by atoms with Crippen molar-refractivity contribution in [3.63, 3.8) is 0 Å². The van der Waals surface area contributed by atoms with E-state index in [0.29, 0.717) is 0 Å². The first-order valence-electron chi connectivity index (χ1n) is 3.39. The van der Waals surface area contributed by atoms with Crippen molar-refractivity contribution in [2.75, 3.05) is 5.73 Å². The molecule has 1 aromatic carbocycles. The zero-order chi connectivity index (χ0) is 8.43. The van der Waals surface area contributed by atoms with E-state index in [4.69, 9.17) is 5.73 Å². The lowest BCUT2D eigenvalue weighted by Gasteiger charge is -2.05. The van der Waals surface area contributed by atoms with Gasteiger partial charge in [0, 0.05) is 4.47 Å². The lowest BCUT2D eigenvalue weighted by Crippen LogP contribution is -1.97. The van der Waals surface area contributed by atoms with Crippen LogP contribution in [0.5, 0.6) is 0 Å². The van der Waals surface area contributed by atoms with Crippen LogP contribution in [0.25, 0.3) is 0 Å². The van der Waals surface area contributed by atoms with Gasteiger partial charge < -0.3 is 5.73 Å². The van der Waals surface area contributed by atoms with Crippen LogP contribution in [0.1, 0.15) is 12.5 Å². The highest BCUT2D eigenvalue weighted by molar-refractivity contribution is 9.10. The maximum Gasteiger partial charge on any atom is 0.146 e. The minimum Gasteiger partial charge on any atom is -0.396 e. The molecule has 0 aliphatic carbocycles. The van der Waals surface area contributed by atoms with Gasteiger partial charge in [-0.1, -0.05) is 22.9 Å². The molecule has 0 unspecified atom stereocenters. The van der Waals surface area contributed by atoms with Crippen LogP contribution < -0.4 is 5.73 Å². The van der Waals surface area contributed by atoms with Crippen LogP contribution in [0.15, 0.2) is 16.6 Å². The fraction of sp³-hybridized carbons (Fsp3) is 0.250. The molecule has 11 heavy (non-hydrogen) atoms. The molecular weight excluding hydrogens is 209 g/mol. The molecule has 0 bridgehead atoms. The zero-order valence-electron chi connectivity index (χ0n) is 6.20. The fourth-order valence-corrected chi connectivity index (χ4v) is 1.59. The van der Waals surface area contributed by atoms with Gasteiger partial charge in [0.2, 0.25) is 0 Å². The topological polar surface area (TPSA) is 26.0 Å². The van der Waals surface area contributed by atoms with E-state index in [1.165, 1.54) is 6.07 Å². The van der Waals surface area contributed by atoms with Gasteiger partial charge >= 0.3 is 0 Å². The van der Waals surface area contributed by atoms with Crippen LogP contribution in [-0.2, 0) is 6.42 Å². The van der Waals surface area contributed by atoms with Crippen LogP contribution in [0.4, 0.5) is 10.1 Å². The van der Waals surface area contributed by atoms with Gasteiger partial charge in [0.25, 0.3) is 0 Å². The number of hydrogen-bond acceptors (Lipinski definition) is 1. The normalized spacial score (nSPS) is 10.1. The van der Waals surface area contributed by atoms with Gasteiger partial charge in [0.15, 0.2) is 0 Å². The van der Waals surface area contributed by atoms with Crippen LogP contribution in [0.2, 0.25) is 0 Å². The molecule has 0 saturated heterocycles. The molecule has 1 rings (SSSR count). The summed E-state index contributed by atoms with van der Waals surface area (Å²) in [5.41, 5.74) is 6.58. The van der Waals surface area contributed by atoms with E-state index in [2.05, 4.69) is 15.9 Å². The van der Waals surface area contributed by atoms with E-state index in [9.17, 15) is 4.39 Å². The quantitative estimate of drug-likeness (QED) is 0.720. The summed E-state index contributed by atoms with van der Waals surface area (Å²) >= 11 is 3.29. The highest BCUT2D eigenvalue weighted by Gasteiger charge is 2.06. The van der Waals surface area contributed by atoms with Gasteiger partial charge in [-0.15, -0.1) is 0 Å².